The second-order valence-electron chi connectivity index (χ2n) is 9.55. The molecule has 0 aliphatic carbocycles. The van der Waals surface area contributed by atoms with Gasteiger partial charge in [-0.1, -0.05) is 65.6 Å². The predicted octanol–water partition coefficient (Wildman–Crippen LogP) is 5.27. The van der Waals surface area contributed by atoms with Crippen molar-refractivity contribution in [3.05, 3.63) is 105 Å². The zero-order valence-electron chi connectivity index (χ0n) is 21.4. The summed E-state index contributed by atoms with van der Waals surface area (Å²) in [7, 11) is 0. The van der Waals surface area contributed by atoms with Crippen LogP contribution >= 0.6 is 23.1 Å². The summed E-state index contributed by atoms with van der Waals surface area (Å²) in [6.45, 7) is -0.540. The fourth-order valence-electron chi connectivity index (χ4n) is 5.17. The Hall–Kier alpha value is -4.36. The van der Waals surface area contributed by atoms with Gasteiger partial charge in [0.2, 0.25) is 11.8 Å². The van der Waals surface area contributed by atoms with E-state index in [4.69, 9.17) is 4.74 Å². The summed E-state index contributed by atoms with van der Waals surface area (Å²) < 4.78 is 45.0. The number of alkyl halides is 3. The number of H-pyrrole nitrogens is 1. The number of anilines is 2. The lowest BCUT2D eigenvalue weighted by molar-refractivity contribution is -0.137. The van der Waals surface area contributed by atoms with Gasteiger partial charge in [-0.3, -0.25) is 19.2 Å². The molecule has 3 aromatic carbocycles. The van der Waals surface area contributed by atoms with Gasteiger partial charge in [-0.2, -0.15) is 13.2 Å². The number of aromatic nitrogens is 1. The number of carbonyl (C=O) groups excluding carboxylic acids is 3. The van der Waals surface area contributed by atoms with Crippen molar-refractivity contribution >= 4 is 52.2 Å². The van der Waals surface area contributed by atoms with Crippen LogP contribution in [0.25, 0.3) is 0 Å². The Morgan fingerprint density at radius 2 is 1.69 bits per heavy atom. The lowest BCUT2D eigenvalue weighted by atomic mass is 9.82. The molecule has 0 bridgehead atoms. The van der Waals surface area contributed by atoms with Crippen molar-refractivity contribution in [3.63, 3.8) is 0 Å². The third-order valence-corrected chi connectivity index (χ3v) is 9.33. The van der Waals surface area contributed by atoms with E-state index < -0.39 is 53.2 Å². The Kier molecular flexibility index (Phi) is 7.15. The van der Waals surface area contributed by atoms with Crippen LogP contribution in [-0.2, 0) is 20.6 Å². The number of para-hydroxylation sites is 2. The first kappa shape index (κ1) is 27.8. The van der Waals surface area contributed by atoms with Crippen molar-refractivity contribution in [2.24, 2.45) is 5.92 Å². The number of hydrogen-bond acceptors (Lipinski definition) is 7. The van der Waals surface area contributed by atoms with Crippen molar-refractivity contribution in [2.45, 2.75) is 22.4 Å². The zero-order chi connectivity index (χ0) is 29.6. The largest absolute Gasteiger partial charge is 0.483 e. The normalized spacial score (nSPS) is 19.8. The maximum Gasteiger partial charge on any atom is 0.416 e. The minimum atomic E-state index is -4.57. The number of rotatable bonds is 6. The van der Waals surface area contributed by atoms with Crippen LogP contribution in [0.5, 0.6) is 5.75 Å². The molecule has 3 heterocycles. The second kappa shape index (κ2) is 10.8. The van der Waals surface area contributed by atoms with E-state index in [0.29, 0.717) is 21.2 Å². The Labute approximate surface area is 244 Å². The van der Waals surface area contributed by atoms with E-state index in [0.717, 1.165) is 40.1 Å². The van der Waals surface area contributed by atoms with Crippen molar-refractivity contribution in [3.8, 4) is 5.75 Å². The van der Waals surface area contributed by atoms with Gasteiger partial charge in [-0.15, -0.1) is 0 Å². The number of nitrogens with one attached hydrogen (secondary N) is 2. The minimum Gasteiger partial charge on any atom is -0.483 e. The molecule has 214 valence electrons. The maximum atomic E-state index is 13.9. The first-order valence-electron chi connectivity index (χ1n) is 12.6. The number of thioether (sulfide) groups is 1. The molecule has 2 aliphatic rings. The lowest BCUT2D eigenvalue weighted by Gasteiger charge is -2.30. The number of benzene rings is 3. The summed E-state index contributed by atoms with van der Waals surface area (Å²) in [5.74, 6) is -2.87. The molecule has 0 radical (unpaired) electrons. The van der Waals surface area contributed by atoms with E-state index in [1.807, 2.05) is 0 Å². The van der Waals surface area contributed by atoms with E-state index in [-0.39, 0.29) is 16.3 Å². The van der Waals surface area contributed by atoms with Crippen LogP contribution in [-0.4, -0.2) is 34.6 Å². The highest BCUT2D eigenvalue weighted by atomic mass is 32.2. The van der Waals surface area contributed by atoms with Gasteiger partial charge in [0.1, 0.15) is 11.0 Å². The summed E-state index contributed by atoms with van der Waals surface area (Å²) in [6, 6.07) is 19.5. The average Bonchev–Trinajstić information content (AvgIpc) is 3.46. The minimum absolute atomic E-state index is 0.0448. The van der Waals surface area contributed by atoms with Crippen molar-refractivity contribution < 1.29 is 32.3 Å². The molecule has 3 atom stereocenters. The van der Waals surface area contributed by atoms with E-state index in [1.165, 1.54) is 12.1 Å². The molecule has 8 nitrogen and oxygen atoms in total. The number of fused-ring (bicyclic) bond motifs is 2. The summed E-state index contributed by atoms with van der Waals surface area (Å²) in [6.07, 6.45) is -4.57. The molecular weight excluding hydrogens is 591 g/mol. The summed E-state index contributed by atoms with van der Waals surface area (Å²) in [5.41, 5.74) is -0.0179. The molecule has 0 saturated carbocycles. The van der Waals surface area contributed by atoms with E-state index in [2.05, 4.69) is 10.3 Å². The standard InChI is InChI=1S/C29H20F3N3O5S2/c30-29(31,32)15-7-6-8-16(13-15)33-20(36)14-40-19-12-5-4-11-18(19)21-22-24(41-25-23(21)42-28(39)34-25)27(38)35(26(22)37)17-9-2-1-3-10-17/h1-13,21-22,24H,14H2,(H,33,36)(H,34,39). The molecule has 6 rings (SSSR count). The van der Waals surface area contributed by atoms with Gasteiger partial charge in [0.25, 0.3) is 5.91 Å². The summed E-state index contributed by atoms with van der Waals surface area (Å²) in [4.78, 5) is 56.6. The first-order chi connectivity index (χ1) is 20.1. The van der Waals surface area contributed by atoms with E-state index >= 15 is 0 Å². The highest BCUT2D eigenvalue weighted by molar-refractivity contribution is 8.00. The third-order valence-electron chi connectivity index (χ3n) is 6.92. The number of thiazole rings is 1. The summed E-state index contributed by atoms with van der Waals surface area (Å²) >= 11 is 2.08. The molecule has 0 spiro atoms. The topological polar surface area (TPSA) is 109 Å². The number of imide groups is 1. The zero-order valence-corrected chi connectivity index (χ0v) is 23.0. The fourth-order valence-corrected chi connectivity index (χ4v) is 7.67. The van der Waals surface area contributed by atoms with E-state index in [1.54, 1.807) is 54.6 Å². The van der Waals surface area contributed by atoms with Gasteiger partial charge in [0, 0.05) is 22.0 Å². The maximum absolute atomic E-state index is 13.9. The molecule has 1 fully saturated rings. The average molecular weight is 612 g/mol. The van der Waals surface area contributed by atoms with Crippen LogP contribution in [0.2, 0.25) is 0 Å². The first-order valence-corrected chi connectivity index (χ1v) is 14.3. The highest BCUT2D eigenvalue weighted by Crippen LogP contribution is 2.54. The predicted molar refractivity (Wildman–Crippen MR) is 151 cm³/mol. The Bertz CT molecular complexity index is 1750. The highest BCUT2D eigenvalue weighted by Gasteiger charge is 2.56. The van der Waals surface area contributed by atoms with Crippen LogP contribution in [0.4, 0.5) is 24.5 Å². The van der Waals surface area contributed by atoms with Gasteiger partial charge in [0.15, 0.2) is 6.61 Å². The number of carbonyl (C=O) groups is 3. The smallest absolute Gasteiger partial charge is 0.416 e. The Morgan fingerprint density at radius 3 is 2.45 bits per heavy atom. The number of ether oxygens (including phenoxy) is 1. The van der Waals surface area contributed by atoms with Crippen LogP contribution in [0, 0.1) is 5.92 Å². The molecule has 2 N–H and O–H groups in total. The molecule has 13 heteroatoms. The molecule has 2 aliphatic heterocycles. The number of nitrogens with zero attached hydrogens (tertiary/aromatic N) is 1. The molecule has 1 aromatic heterocycles. The third kappa shape index (κ3) is 5.09. The second-order valence-corrected chi connectivity index (χ2v) is 11.7. The quantitative estimate of drug-likeness (QED) is 0.288. The van der Waals surface area contributed by atoms with Gasteiger partial charge in [0.05, 0.1) is 22.2 Å². The number of hydrogen-bond donors (Lipinski definition) is 2. The summed E-state index contributed by atoms with van der Waals surface area (Å²) in [5, 5.41) is 2.08. The van der Waals surface area contributed by atoms with E-state index in [9.17, 15) is 32.3 Å². The van der Waals surface area contributed by atoms with Crippen molar-refractivity contribution in [2.75, 3.05) is 16.8 Å². The molecule has 42 heavy (non-hydrogen) atoms. The number of halogens is 3. The Balaban J connectivity index is 1.30. The van der Waals surface area contributed by atoms with Crippen LogP contribution in [0.1, 0.15) is 21.9 Å². The van der Waals surface area contributed by atoms with Gasteiger partial charge in [-0.25, -0.2) is 4.90 Å². The van der Waals surface area contributed by atoms with Gasteiger partial charge < -0.3 is 15.0 Å². The lowest BCUT2D eigenvalue weighted by Crippen LogP contribution is -2.32. The molecule has 3 amide bonds. The molecular formula is C29H20F3N3O5S2. The molecule has 1 saturated heterocycles. The van der Waals surface area contributed by atoms with Crippen LogP contribution < -0.4 is 19.8 Å². The number of amides is 3. The van der Waals surface area contributed by atoms with Crippen molar-refractivity contribution in [1.29, 1.82) is 0 Å². The van der Waals surface area contributed by atoms with Crippen LogP contribution in [0.15, 0.2) is 88.7 Å². The van der Waals surface area contributed by atoms with Crippen molar-refractivity contribution in [1.82, 2.24) is 4.98 Å². The number of aromatic amines is 1. The monoisotopic (exact) mass is 611 g/mol. The van der Waals surface area contributed by atoms with Gasteiger partial charge in [-0.05, 0) is 36.4 Å². The molecule has 4 aromatic rings. The van der Waals surface area contributed by atoms with Crippen LogP contribution in [0.3, 0.4) is 0 Å². The fraction of sp³-hybridized carbons (Fsp3) is 0.172. The molecule has 3 unspecified atom stereocenters. The SMILES string of the molecule is O=C(COc1ccccc1C1c2sc(=O)[nH]c2SC2C(=O)N(c3ccccc3)C(=O)C21)Nc1cccc(C(F)(F)F)c1. The Morgan fingerprint density at radius 1 is 0.952 bits per heavy atom. The van der Waals surface area contributed by atoms with Gasteiger partial charge >= 0.3 is 11.0 Å².